The minimum atomic E-state index is 1.36. The van der Waals surface area contributed by atoms with Crippen molar-refractivity contribution in [2.75, 3.05) is 26.2 Å². The van der Waals surface area contributed by atoms with Gasteiger partial charge in [-0.3, -0.25) is 0 Å². The lowest BCUT2D eigenvalue weighted by Gasteiger charge is -2.39. The molecule has 0 unspecified atom stereocenters. The molecule has 0 aromatic carbocycles. The first-order valence-electron chi connectivity index (χ1n) is 14.1. The van der Waals surface area contributed by atoms with Crippen molar-refractivity contribution in [3.63, 3.8) is 0 Å². The SMILES string of the molecule is CCCCCCCCCCCCCCCC[N+](CCCC)(CCCC)CCCC. The predicted octanol–water partition coefficient (Wildman–Crippen LogP) is 9.68. The summed E-state index contributed by atoms with van der Waals surface area (Å²) >= 11 is 0. The molecule has 0 radical (unpaired) electrons. The molecule has 0 atom stereocenters. The van der Waals surface area contributed by atoms with Crippen molar-refractivity contribution in [2.24, 2.45) is 0 Å². The standard InChI is InChI=1S/C28H60N/c1-5-9-13-14-15-16-17-18-19-20-21-22-23-24-28-29(25-10-6-2,26-11-7-3)27-12-8-4/h5-28H2,1-4H3/q+1. The Morgan fingerprint density at radius 2 is 0.517 bits per heavy atom. The highest BCUT2D eigenvalue weighted by molar-refractivity contribution is 4.52. The number of nitrogens with zero attached hydrogens (tertiary/aromatic N) is 1. The van der Waals surface area contributed by atoms with Gasteiger partial charge in [0.15, 0.2) is 0 Å². The summed E-state index contributed by atoms with van der Waals surface area (Å²) in [5.41, 5.74) is 0. The first-order chi connectivity index (χ1) is 14.2. The van der Waals surface area contributed by atoms with Crippen LogP contribution in [0.1, 0.15) is 156 Å². The van der Waals surface area contributed by atoms with Gasteiger partial charge in [0.25, 0.3) is 0 Å². The molecule has 0 saturated carbocycles. The molecule has 0 amide bonds. The molecule has 0 spiro atoms. The van der Waals surface area contributed by atoms with E-state index in [4.69, 9.17) is 0 Å². The molecular weight excluding hydrogens is 350 g/mol. The number of hydrogen-bond donors (Lipinski definition) is 0. The van der Waals surface area contributed by atoms with Crippen LogP contribution in [0.3, 0.4) is 0 Å². The molecule has 0 aliphatic rings. The summed E-state index contributed by atoms with van der Waals surface area (Å²) < 4.78 is 1.44. The summed E-state index contributed by atoms with van der Waals surface area (Å²) in [4.78, 5) is 0. The molecule has 0 bridgehead atoms. The Hall–Kier alpha value is -0.0400. The highest BCUT2D eigenvalue weighted by Crippen LogP contribution is 2.18. The van der Waals surface area contributed by atoms with Gasteiger partial charge in [0, 0.05) is 0 Å². The van der Waals surface area contributed by atoms with Crippen molar-refractivity contribution in [3.8, 4) is 0 Å². The number of hydrogen-bond acceptors (Lipinski definition) is 0. The van der Waals surface area contributed by atoms with Gasteiger partial charge in [-0.25, -0.2) is 0 Å². The van der Waals surface area contributed by atoms with E-state index in [0.717, 1.165) is 0 Å². The molecule has 1 nitrogen and oxygen atoms in total. The molecule has 176 valence electrons. The fraction of sp³-hybridized carbons (Fsp3) is 1.00. The molecule has 0 heterocycles. The molecule has 29 heavy (non-hydrogen) atoms. The average molecular weight is 411 g/mol. The third kappa shape index (κ3) is 18.4. The third-order valence-electron chi connectivity index (χ3n) is 6.94. The molecular formula is C28H60N+. The number of unbranched alkanes of at least 4 members (excludes halogenated alkanes) is 16. The Kier molecular flexibility index (Phi) is 22.6. The quantitative estimate of drug-likeness (QED) is 0.110. The maximum atomic E-state index is 2.36. The summed E-state index contributed by atoms with van der Waals surface area (Å²) in [6.07, 6.45) is 28.9. The first-order valence-corrected chi connectivity index (χ1v) is 14.1. The van der Waals surface area contributed by atoms with Crippen LogP contribution in [0, 0.1) is 0 Å². The van der Waals surface area contributed by atoms with Crippen molar-refractivity contribution >= 4 is 0 Å². The number of rotatable bonds is 24. The number of quaternary nitrogens is 1. The summed E-state index contributed by atoms with van der Waals surface area (Å²) in [5, 5.41) is 0. The van der Waals surface area contributed by atoms with Gasteiger partial charge < -0.3 is 4.48 Å². The average Bonchev–Trinajstić information content (AvgIpc) is 2.74. The molecule has 0 aliphatic carbocycles. The topological polar surface area (TPSA) is 0 Å². The van der Waals surface area contributed by atoms with E-state index in [1.54, 1.807) is 0 Å². The van der Waals surface area contributed by atoms with Crippen LogP contribution in [-0.4, -0.2) is 30.7 Å². The molecule has 0 fully saturated rings. The van der Waals surface area contributed by atoms with Gasteiger partial charge in [0.05, 0.1) is 26.2 Å². The van der Waals surface area contributed by atoms with Crippen molar-refractivity contribution < 1.29 is 4.48 Å². The van der Waals surface area contributed by atoms with Crippen LogP contribution in [0.25, 0.3) is 0 Å². The van der Waals surface area contributed by atoms with Crippen LogP contribution in [0.4, 0.5) is 0 Å². The van der Waals surface area contributed by atoms with E-state index in [9.17, 15) is 0 Å². The Morgan fingerprint density at radius 1 is 0.276 bits per heavy atom. The van der Waals surface area contributed by atoms with Crippen LogP contribution in [0.2, 0.25) is 0 Å². The molecule has 0 aliphatic heterocycles. The summed E-state index contributed by atoms with van der Waals surface area (Å²) in [6, 6.07) is 0. The molecule has 0 aromatic heterocycles. The van der Waals surface area contributed by atoms with E-state index in [1.165, 1.54) is 159 Å². The molecule has 0 saturated heterocycles. The zero-order valence-corrected chi connectivity index (χ0v) is 21.4. The van der Waals surface area contributed by atoms with Crippen molar-refractivity contribution in [1.29, 1.82) is 0 Å². The van der Waals surface area contributed by atoms with E-state index in [1.807, 2.05) is 0 Å². The largest absolute Gasteiger partial charge is 0.324 e. The van der Waals surface area contributed by atoms with Crippen molar-refractivity contribution in [1.82, 2.24) is 0 Å². The lowest BCUT2D eigenvalue weighted by Crippen LogP contribution is -2.50. The van der Waals surface area contributed by atoms with Gasteiger partial charge in [-0.1, -0.05) is 124 Å². The highest BCUT2D eigenvalue weighted by atomic mass is 15.3. The lowest BCUT2D eigenvalue weighted by atomic mass is 10.0. The van der Waals surface area contributed by atoms with E-state index < -0.39 is 0 Å². The van der Waals surface area contributed by atoms with Crippen molar-refractivity contribution in [2.45, 2.75) is 156 Å². The normalized spacial score (nSPS) is 12.0. The van der Waals surface area contributed by atoms with Crippen LogP contribution >= 0.6 is 0 Å². The maximum Gasteiger partial charge on any atom is 0.0786 e. The maximum absolute atomic E-state index is 2.36. The fourth-order valence-corrected chi connectivity index (χ4v) is 4.79. The second-order valence-corrected chi connectivity index (χ2v) is 9.89. The zero-order valence-electron chi connectivity index (χ0n) is 21.4. The van der Waals surface area contributed by atoms with Gasteiger partial charge in [-0.05, 0) is 32.1 Å². The van der Waals surface area contributed by atoms with Crippen LogP contribution in [0.5, 0.6) is 0 Å². The van der Waals surface area contributed by atoms with Gasteiger partial charge >= 0.3 is 0 Å². The Balaban J connectivity index is 3.79. The van der Waals surface area contributed by atoms with Crippen LogP contribution in [0.15, 0.2) is 0 Å². The van der Waals surface area contributed by atoms with Crippen LogP contribution in [-0.2, 0) is 0 Å². The van der Waals surface area contributed by atoms with Gasteiger partial charge in [-0.15, -0.1) is 0 Å². The van der Waals surface area contributed by atoms with E-state index >= 15 is 0 Å². The van der Waals surface area contributed by atoms with Crippen LogP contribution < -0.4 is 0 Å². The Morgan fingerprint density at radius 3 is 0.828 bits per heavy atom. The molecule has 0 aromatic rings. The second-order valence-electron chi connectivity index (χ2n) is 9.89. The van der Waals surface area contributed by atoms with Gasteiger partial charge in [-0.2, -0.15) is 0 Å². The van der Waals surface area contributed by atoms with E-state index in [-0.39, 0.29) is 0 Å². The lowest BCUT2D eigenvalue weighted by molar-refractivity contribution is -0.929. The minimum absolute atomic E-state index is 1.36. The van der Waals surface area contributed by atoms with Crippen molar-refractivity contribution in [3.05, 3.63) is 0 Å². The smallest absolute Gasteiger partial charge is 0.0786 e. The predicted molar refractivity (Wildman–Crippen MR) is 135 cm³/mol. The van der Waals surface area contributed by atoms with Gasteiger partial charge in [0.1, 0.15) is 0 Å². The third-order valence-corrected chi connectivity index (χ3v) is 6.94. The fourth-order valence-electron chi connectivity index (χ4n) is 4.79. The monoisotopic (exact) mass is 410 g/mol. The van der Waals surface area contributed by atoms with E-state index in [0.29, 0.717) is 0 Å². The summed E-state index contributed by atoms with van der Waals surface area (Å²) in [6.45, 7) is 15.2. The molecule has 0 rings (SSSR count). The molecule has 0 N–H and O–H groups in total. The minimum Gasteiger partial charge on any atom is -0.324 e. The highest BCUT2D eigenvalue weighted by Gasteiger charge is 2.24. The zero-order chi connectivity index (χ0) is 21.5. The Labute approximate surface area is 187 Å². The first kappa shape index (κ1) is 29.0. The summed E-state index contributed by atoms with van der Waals surface area (Å²) in [5.74, 6) is 0. The summed E-state index contributed by atoms with van der Waals surface area (Å²) in [7, 11) is 0. The van der Waals surface area contributed by atoms with E-state index in [2.05, 4.69) is 27.7 Å². The Bertz CT molecular complexity index is 277. The molecule has 1 heteroatoms. The second kappa shape index (κ2) is 22.6. The van der Waals surface area contributed by atoms with Gasteiger partial charge in [0.2, 0.25) is 0 Å².